The quantitative estimate of drug-likeness (QED) is 0.819. The van der Waals surface area contributed by atoms with E-state index in [1.807, 2.05) is 0 Å². The van der Waals surface area contributed by atoms with Gasteiger partial charge in [-0.1, -0.05) is 17.7 Å². The fourth-order valence-corrected chi connectivity index (χ4v) is 1.44. The van der Waals surface area contributed by atoms with Gasteiger partial charge >= 0.3 is 0 Å². The van der Waals surface area contributed by atoms with Crippen molar-refractivity contribution in [1.29, 1.82) is 0 Å². The van der Waals surface area contributed by atoms with Gasteiger partial charge < -0.3 is 5.11 Å². The van der Waals surface area contributed by atoms with Crippen LogP contribution in [-0.2, 0) is 5.60 Å². The zero-order valence-electron chi connectivity index (χ0n) is 7.27. The van der Waals surface area contributed by atoms with Crippen LogP contribution in [0.2, 0.25) is 5.02 Å². The number of hydrogen-bond donors (Lipinski definition) is 1. The molecule has 1 unspecified atom stereocenters. The first-order valence-electron chi connectivity index (χ1n) is 3.82. The molecule has 1 rings (SSSR count). The van der Waals surface area contributed by atoms with Gasteiger partial charge in [0.1, 0.15) is 5.82 Å². The van der Waals surface area contributed by atoms with Crippen molar-refractivity contribution in [2.45, 2.75) is 19.0 Å². The molecule has 0 aliphatic heterocycles. The lowest BCUT2D eigenvalue weighted by Crippen LogP contribution is -2.31. The van der Waals surface area contributed by atoms with Gasteiger partial charge in [-0.15, -0.1) is 0 Å². The third kappa shape index (κ3) is 1.86. The summed E-state index contributed by atoms with van der Waals surface area (Å²) in [6.07, 6.45) is -3.10. The molecule has 0 amide bonds. The normalized spacial score (nSPS) is 15.6. The Morgan fingerprint density at radius 3 is 2.43 bits per heavy atom. The Morgan fingerprint density at radius 2 is 2.00 bits per heavy atom. The first kappa shape index (κ1) is 11.3. The van der Waals surface area contributed by atoms with Crippen LogP contribution in [0.4, 0.5) is 13.2 Å². The summed E-state index contributed by atoms with van der Waals surface area (Å²) in [4.78, 5) is 0. The van der Waals surface area contributed by atoms with Crippen molar-refractivity contribution in [2.24, 2.45) is 0 Å². The van der Waals surface area contributed by atoms with E-state index in [0.29, 0.717) is 0 Å². The molecule has 1 N–H and O–H groups in total. The Bertz CT molecular complexity index is 319. The molecule has 0 spiro atoms. The molecular formula is C9H8ClF3O. The maximum Gasteiger partial charge on any atom is 0.270 e. The summed E-state index contributed by atoms with van der Waals surface area (Å²) in [7, 11) is 0. The lowest BCUT2D eigenvalue weighted by Gasteiger charge is -2.24. The fourth-order valence-electron chi connectivity index (χ4n) is 1.09. The third-order valence-electron chi connectivity index (χ3n) is 1.89. The third-order valence-corrected chi connectivity index (χ3v) is 2.21. The predicted molar refractivity (Wildman–Crippen MR) is 47.0 cm³/mol. The molecule has 0 radical (unpaired) electrons. The fraction of sp³-hybridized carbons (Fsp3) is 0.333. The highest BCUT2D eigenvalue weighted by Gasteiger charge is 2.38. The van der Waals surface area contributed by atoms with Gasteiger partial charge in [-0.25, -0.2) is 13.2 Å². The topological polar surface area (TPSA) is 20.2 Å². The van der Waals surface area contributed by atoms with E-state index in [1.165, 1.54) is 12.1 Å². The minimum Gasteiger partial charge on any atom is -0.379 e. The second kappa shape index (κ2) is 3.79. The van der Waals surface area contributed by atoms with Crippen molar-refractivity contribution in [3.05, 3.63) is 34.6 Å². The second-order valence-corrected chi connectivity index (χ2v) is 3.45. The van der Waals surface area contributed by atoms with Gasteiger partial charge in [0.05, 0.1) is 0 Å². The minimum atomic E-state index is -3.10. The molecule has 0 aliphatic carbocycles. The molecule has 1 aromatic rings. The summed E-state index contributed by atoms with van der Waals surface area (Å²) in [6.45, 7) is 0.821. The highest BCUT2D eigenvalue weighted by atomic mass is 35.5. The zero-order valence-corrected chi connectivity index (χ0v) is 8.02. The molecular weight excluding hydrogens is 217 g/mol. The van der Waals surface area contributed by atoms with Gasteiger partial charge in [0, 0.05) is 10.6 Å². The van der Waals surface area contributed by atoms with E-state index in [0.717, 1.165) is 13.0 Å². The lowest BCUT2D eigenvalue weighted by molar-refractivity contribution is -0.0902. The second-order valence-electron chi connectivity index (χ2n) is 3.04. The molecule has 0 aliphatic rings. The van der Waals surface area contributed by atoms with Gasteiger partial charge in [-0.3, -0.25) is 0 Å². The van der Waals surface area contributed by atoms with Crippen LogP contribution < -0.4 is 0 Å². The molecule has 0 bridgehead atoms. The van der Waals surface area contributed by atoms with Crippen molar-refractivity contribution in [3.63, 3.8) is 0 Å². The van der Waals surface area contributed by atoms with Crippen LogP contribution in [-0.4, -0.2) is 11.5 Å². The van der Waals surface area contributed by atoms with Crippen LogP contribution in [0.3, 0.4) is 0 Å². The van der Waals surface area contributed by atoms with Crippen LogP contribution >= 0.6 is 11.6 Å². The van der Waals surface area contributed by atoms with Crippen molar-refractivity contribution >= 4 is 11.6 Å². The van der Waals surface area contributed by atoms with E-state index >= 15 is 0 Å². The van der Waals surface area contributed by atoms with Gasteiger partial charge in [0.2, 0.25) is 0 Å². The number of benzene rings is 1. The largest absolute Gasteiger partial charge is 0.379 e. The summed E-state index contributed by atoms with van der Waals surface area (Å²) >= 11 is 5.52. The Labute approximate surface area is 84.1 Å². The first-order valence-corrected chi connectivity index (χ1v) is 4.20. The maximum atomic E-state index is 13.1. The van der Waals surface area contributed by atoms with E-state index in [9.17, 15) is 18.3 Å². The summed E-state index contributed by atoms with van der Waals surface area (Å²) in [5.41, 5.74) is -3.14. The Kier molecular flexibility index (Phi) is 3.07. The van der Waals surface area contributed by atoms with E-state index in [4.69, 9.17) is 11.6 Å². The van der Waals surface area contributed by atoms with Crippen LogP contribution in [0, 0.1) is 5.82 Å². The number of halogens is 4. The monoisotopic (exact) mass is 224 g/mol. The molecule has 0 saturated heterocycles. The molecule has 5 heteroatoms. The molecule has 0 fully saturated rings. The average molecular weight is 225 g/mol. The minimum absolute atomic E-state index is 0.213. The molecule has 0 aromatic heterocycles. The van der Waals surface area contributed by atoms with E-state index in [1.54, 1.807) is 0 Å². The van der Waals surface area contributed by atoms with Crippen LogP contribution in [0.25, 0.3) is 0 Å². The van der Waals surface area contributed by atoms with Crippen molar-refractivity contribution in [1.82, 2.24) is 0 Å². The molecule has 1 atom stereocenters. The van der Waals surface area contributed by atoms with E-state index in [2.05, 4.69) is 0 Å². The summed E-state index contributed by atoms with van der Waals surface area (Å²) in [5, 5.41) is 9.14. The Morgan fingerprint density at radius 1 is 1.43 bits per heavy atom. The van der Waals surface area contributed by atoms with Crippen molar-refractivity contribution in [2.75, 3.05) is 0 Å². The predicted octanol–water partition coefficient (Wildman–Crippen LogP) is 2.95. The Balaban J connectivity index is 3.31. The van der Waals surface area contributed by atoms with Crippen LogP contribution in [0.15, 0.2) is 18.2 Å². The molecule has 0 saturated carbocycles. The van der Waals surface area contributed by atoms with Gasteiger partial charge in [0.15, 0.2) is 5.60 Å². The zero-order chi connectivity index (χ0) is 10.9. The molecule has 14 heavy (non-hydrogen) atoms. The molecule has 78 valence electrons. The number of hydrogen-bond acceptors (Lipinski definition) is 1. The van der Waals surface area contributed by atoms with Gasteiger partial charge in [-0.05, 0) is 19.1 Å². The standard InChI is InChI=1S/C9H8ClF3O/c1-9(14,8(12)13)7-5(10)3-2-4-6(7)11/h2-4,8,14H,1H3. The number of alkyl halides is 2. The highest BCUT2D eigenvalue weighted by Crippen LogP contribution is 2.34. The highest BCUT2D eigenvalue weighted by molar-refractivity contribution is 6.31. The van der Waals surface area contributed by atoms with E-state index in [-0.39, 0.29) is 5.02 Å². The maximum absolute atomic E-state index is 13.1. The average Bonchev–Trinajstić information content (AvgIpc) is 2.02. The molecule has 1 nitrogen and oxygen atoms in total. The summed E-state index contributed by atoms with van der Waals surface area (Å²) < 4.78 is 37.9. The first-order chi connectivity index (χ1) is 6.37. The van der Waals surface area contributed by atoms with Crippen LogP contribution in [0.5, 0.6) is 0 Å². The SMILES string of the molecule is CC(O)(c1c(F)cccc1Cl)C(F)F. The van der Waals surface area contributed by atoms with E-state index < -0.39 is 23.4 Å². The van der Waals surface area contributed by atoms with Gasteiger partial charge in [-0.2, -0.15) is 0 Å². The lowest BCUT2D eigenvalue weighted by atomic mass is 9.96. The van der Waals surface area contributed by atoms with Crippen molar-refractivity contribution < 1.29 is 18.3 Å². The number of aliphatic hydroxyl groups is 1. The number of rotatable bonds is 2. The van der Waals surface area contributed by atoms with Crippen LogP contribution in [0.1, 0.15) is 12.5 Å². The molecule has 0 heterocycles. The molecule has 1 aromatic carbocycles. The van der Waals surface area contributed by atoms with Crippen molar-refractivity contribution in [3.8, 4) is 0 Å². The summed E-state index contributed by atoms with van der Waals surface area (Å²) in [5.74, 6) is -0.942. The summed E-state index contributed by atoms with van der Waals surface area (Å²) in [6, 6.07) is 3.50. The smallest absolute Gasteiger partial charge is 0.270 e. The van der Waals surface area contributed by atoms with Gasteiger partial charge in [0.25, 0.3) is 6.43 Å². The Hall–Kier alpha value is -0.740.